The lowest BCUT2D eigenvalue weighted by atomic mass is 10.2. The van der Waals surface area contributed by atoms with Gasteiger partial charge in [0.25, 0.3) is 5.91 Å². The lowest BCUT2D eigenvalue weighted by molar-refractivity contribution is 0.0954. The number of thiophene rings is 1. The van der Waals surface area contributed by atoms with Crippen molar-refractivity contribution in [3.63, 3.8) is 0 Å². The van der Waals surface area contributed by atoms with E-state index in [-0.39, 0.29) is 5.91 Å². The molecule has 0 saturated heterocycles. The molecule has 26 heavy (non-hydrogen) atoms. The van der Waals surface area contributed by atoms with E-state index in [0.717, 1.165) is 27.1 Å². The molecule has 0 aliphatic heterocycles. The van der Waals surface area contributed by atoms with Crippen molar-refractivity contribution in [2.75, 3.05) is 13.7 Å². The van der Waals surface area contributed by atoms with E-state index in [2.05, 4.69) is 15.4 Å². The quantitative estimate of drug-likeness (QED) is 0.552. The molecular weight excluding hydrogens is 368 g/mol. The van der Waals surface area contributed by atoms with Gasteiger partial charge < -0.3 is 10.1 Å². The monoisotopic (exact) mass is 384 g/mol. The Morgan fingerprint density at radius 1 is 1.23 bits per heavy atom. The molecule has 8 heteroatoms. The van der Waals surface area contributed by atoms with Crippen molar-refractivity contribution in [3.8, 4) is 16.5 Å². The fourth-order valence-electron chi connectivity index (χ4n) is 2.56. The van der Waals surface area contributed by atoms with Crippen LogP contribution in [-0.2, 0) is 6.42 Å². The minimum atomic E-state index is -0.100. The average Bonchev–Trinajstić information content (AvgIpc) is 3.39. The van der Waals surface area contributed by atoms with Gasteiger partial charge >= 0.3 is 0 Å². The van der Waals surface area contributed by atoms with Crippen LogP contribution in [0.2, 0.25) is 0 Å². The Morgan fingerprint density at radius 3 is 2.81 bits per heavy atom. The number of nitrogens with zero attached hydrogens (tertiary/aromatic N) is 3. The fourth-order valence-corrected chi connectivity index (χ4v) is 4.06. The molecule has 4 aromatic rings. The molecular formula is C18H16N4O2S2. The van der Waals surface area contributed by atoms with Crippen LogP contribution in [0.5, 0.6) is 5.75 Å². The van der Waals surface area contributed by atoms with Gasteiger partial charge in [-0.2, -0.15) is 4.98 Å². The number of carbonyl (C=O) groups excluding carboxylic acids is 1. The number of thiazole rings is 1. The van der Waals surface area contributed by atoms with Gasteiger partial charge in [-0.15, -0.1) is 27.8 Å². The smallest absolute Gasteiger partial charge is 0.251 e. The molecule has 0 spiro atoms. The van der Waals surface area contributed by atoms with Gasteiger partial charge in [0.1, 0.15) is 5.75 Å². The lowest BCUT2D eigenvalue weighted by Crippen LogP contribution is -2.25. The first-order valence-electron chi connectivity index (χ1n) is 8.04. The number of ether oxygens (including phenoxy) is 1. The average molecular weight is 384 g/mol. The Balaban J connectivity index is 1.40. The van der Waals surface area contributed by atoms with E-state index >= 15 is 0 Å². The van der Waals surface area contributed by atoms with Crippen LogP contribution in [0.3, 0.4) is 0 Å². The molecule has 1 amide bonds. The molecule has 0 fully saturated rings. The Hall–Kier alpha value is -2.71. The molecule has 0 atom stereocenters. The number of hydrogen-bond donors (Lipinski definition) is 1. The number of hydrogen-bond acceptors (Lipinski definition) is 6. The fraction of sp³-hybridized carbons (Fsp3) is 0.167. The molecule has 1 N–H and O–H groups in total. The van der Waals surface area contributed by atoms with E-state index in [9.17, 15) is 4.79 Å². The van der Waals surface area contributed by atoms with Crippen molar-refractivity contribution in [2.24, 2.45) is 0 Å². The highest BCUT2D eigenvalue weighted by Gasteiger charge is 2.12. The predicted octanol–water partition coefficient (Wildman–Crippen LogP) is 3.50. The first-order valence-corrected chi connectivity index (χ1v) is 9.80. The second kappa shape index (κ2) is 7.27. The zero-order chi connectivity index (χ0) is 17.9. The Labute approximate surface area is 158 Å². The topological polar surface area (TPSA) is 68.5 Å². The first-order chi connectivity index (χ1) is 12.7. The van der Waals surface area contributed by atoms with E-state index in [4.69, 9.17) is 4.74 Å². The van der Waals surface area contributed by atoms with Gasteiger partial charge in [-0.25, -0.2) is 4.52 Å². The van der Waals surface area contributed by atoms with Crippen molar-refractivity contribution in [1.82, 2.24) is 19.9 Å². The van der Waals surface area contributed by atoms with Gasteiger partial charge in [-0.05, 0) is 35.7 Å². The zero-order valence-electron chi connectivity index (χ0n) is 14.0. The minimum absolute atomic E-state index is 0.100. The SMILES string of the molecule is COc1ccc(C(=O)NCCc2csc3nc(-c4cccs4)nn23)cc1. The second-order valence-corrected chi connectivity index (χ2v) is 7.35. The molecule has 0 aliphatic carbocycles. The molecule has 3 aromatic heterocycles. The van der Waals surface area contributed by atoms with E-state index < -0.39 is 0 Å². The molecule has 3 heterocycles. The molecule has 0 radical (unpaired) electrons. The van der Waals surface area contributed by atoms with Crippen molar-refractivity contribution in [3.05, 3.63) is 58.4 Å². The summed E-state index contributed by atoms with van der Waals surface area (Å²) in [6, 6.07) is 11.1. The number of rotatable bonds is 6. The standard InChI is InChI=1S/C18H16N4O2S2/c1-24-14-6-4-12(5-7-14)17(23)19-9-8-13-11-26-18-20-16(21-22(13)18)15-3-2-10-25-15/h2-7,10-11H,8-9H2,1H3,(H,19,23). The van der Waals surface area contributed by atoms with Crippen LogP contribution in [-0.4, -0.2) is 34.2 Å². The summed E-state index contributed by atoms with van der Waals surface area (Å²) in [5, 5.41) is 11.6. The molecule has 0 unspecified atom stereocenters. The first kappa shape index (κ1) is 16.7. The van der Waals surface area contributed by atoms with Gasteiger partial charge in [0.05, 0.1) is 17.7 Å². The highest BCUT2D eigenvalue weighted by Crippen LogP contribution is 2.24. The Morgan fingerprint density at radius 2 is 2.08 bits per heavy atom. The summed E-state index contributed by atoms with van der Waals surface area (Å²) in [5.74, 6) is 1.38. The minimum Gasteiger partial charge on any atom is -0.497 e. The summed E-state index contributed by atoms with van der Waals surface area (Å²) in [7, 11) is 1.60. The van der Waals surface area contributed by atoms with E-state index in [1.54, 1.807) is 54.0 Å². The van der Waals surface area contributed by atoms with Gasteiger partial charge in [-0.3, -0.25) is 4.79 Å². The number of nitrogens with one attached hydrogen (secondary N) is 1. The number of methoxy groups -OCH3 is 1. The molecule has 0 saturated carbocycles. The summed E-state index contributed by atoms with van der Waals surface area (Å²) < 4.78 is 6.96. The number of fused-ring (bicyclic) bond motifs is 1. The third-order valence-electron chi connectivity index (χ3n) is 3.91. The van der Waals surface area contributed by atoms with Crippen LogP contribution in [0, 0.1) is 0 Å². The second-order valence-electron chi connectivity index (χ2n) is 5.57. The van der Waals surface area contributed by atoms with Gasteiger partial charge in [0.2, 0.25) is 4.96 Å². The number of benzene rings is 1. The van der Waals surface area contributed by atoms with E-state index in [1.807, 2.05) is 27.4 Å². The highest BCUT2D eigenvalue weighted by molar-refractivity contribution is 7.15. The maximum Gasteiger partial charge on any atom is 0.251 e. The predicted molar refractivity (Wildman–Crippen MR) is 103 cm³/mol. The van der Waals surface area contributed by atoms with E-state index in [1.165, 1.54) is 0 Å². The largest absolute Gasteiger partial charge is 0.497 e. The third kappa shape index (κ3) is 3.33. The Kier molecular flexibility index (Phi) is 4.68. The third-order valence-corrected chi connectivity index (χ3v) is 5.64. The van der Waals surface area contributed by atoms with Gasteiger partial charge in [-0.1, -0.05) is 6.07 Å². The van der Waals surface area contributed by atoms with Crippen LogP contribution in [0.25, 0.3) is 15.7 Å². The number of aromatic nitrogens is 3. The molecule has 6 nitrogen and oxygen atoms in total. The van der Waals surface area contributed by atoms with Gasteiger partial charge in [0.15, 0.2) is 5.82 Å². The normalized spacial score (nSPS) is 11.0. The summed E-state index contributed by atoms with van der Waals surface area (Å²) in [4.78, 5) is 18.7. The summed E-state index contributed by atoms with van der Waals surface area (Å²) in [5.41, 5.74) is 1.65. The van der Waals surface area contributed by atoms with Crippen LogP contribution in [0.1, 0.15) is 16.1 Å². The van der Waals surface area contributed by atoms with Crippen LogP contribution < -0.4 is 10.1 Å². The van der Waals surface area contributed by atoms with Crippen LogP contribution in [0.4, 0.5) is 0 Å². The summed E-state index contributed by atoms with van der Waals surface area (Å²) in [6.07, 6.45) is 0.690. The zero-order valence-corrected chi connectivity index (χ0v) is 15.6. The molecule has 0 aliphatic rings. The van der Waals surface area contributed by atoms with Crippen molar-refractivity contribution < 1.29 is 9.53 Å². The number of carbonyl (C=O) groups is 1. The molecule has 132 valence electrons. The maximum absolute atomic E-state index is 12.2. The molecule has 4 rings (SSSR count). The Bertz CT molecular complexity index is 1020. The molecule has 0 bridgehead atoms. The maximum atomic E-state index is 12.2. The van der Waals surface area contributed by atoms with Gasteiger partial charge in [0, 0.05) is 23.9 Å². The summed E-state index contributed by atoms with van der Waals surface area (Å²) in [6.45, 7) is 0.533. The van der Waals surface area contributed by atoms with Crippen LogP contribution >= 0.6 is 22.7 Å². The lowest BCUT2D eigenvalue weighted by Gasteiger charge is -2.05. The van der Waals surface area contributed by atoms with Crippen molar-refractivity contribution >= 4 is 33.5 Å². The molecule has 1 aromatic carbocycles. The van der Waals surface area contributed by atoms with Crippen LogP contribution in [0.15, 0.2) is 47.2 Å². The van der Waals surface area contributed by atoms with Crippen molar-refractivity contribution in [2.45, 2.75) is 6.42 Å². The highest BCUT2D eigenvalue weighted by atomic mass is 32.1. The van der Waals surface area contributed by atoms with Crippen molar-refractivity contribution in [1.29, 1.82) is 0 Å². The summed E-state index contributed by atoms with van der Waals surface area (Å²) >= 11 is 3.18. The number of amides is 1. The van der Waals surface area contributed by atoms with E-state index in [0.29, 0.717) is 18.5 Å².